The number of halogens is 3. The Morgan fingerprint density at radius 3 is 2.76 bits per heavy atom. The van der Waals surface area contributed by atoms with Crippen molar-refractivity contribution < 1.29 is 17.9 Å². The number of ether oxygens (including phenoxy) is 1. The number of rotatable bonds is 3. The summed E-state index contributed by atoms with van der Waals surface area (Å²) < 4.78 is 43.3. The highest BCUT2D eigenvalue weighted by molar-refractivity contribution is 5.48. The van der Waals surface area contributed by atoms with Crippen LogP contribution < -0.4 is 10.1 Å². The molecule has 1 aliphatic rings. The molecule has 0 bridgehead atoms. The summed E-state index contributed by atoms with van der Waals surface area (Å²) in [7, 11) is 0. The van der Waals surface area contributed by atoms with Gasteiger partial charge in [0.1, 0.15) is 5.75 Å². The summed E-state index contributed by atoms with van der Waals surface area (Å²) in [6.45, 7) is 1.18. The fourth-order valence-corrected chi connectivity index (χ4v) is 2.36. The molecule has 0 aromatic heterocycles. The molecule has 0 fully saturated rings. The normalized spacial score (nSPS) is 13.7. The highest BCUT2D eigenvalue weighted by Crippen LogP contribution is 2.31. The lowest BCUT2D eigenvalue weighted by Crippen LogP contribution is -2.06. The van der Waals surface area contributed by atoms with Crippen molar-refractivity contribution in [1.82, 2.24) is 0 Å². The third-order valence-electron chi connectivity index (χ3n) is 3.44. The zero-order valence-electron chi connectivity index (χ0n) is 11.2. The summed E-state index contributed by atoms with van der Waals surface area (Å²) in [6.07, 6.45) is -3.44. The molecule has 2 aromatic rings. The molecule has 0 aliphatic carbocycles. The van der Waals surface area contributed by atoms with Gasteiger partial charge < -0.3 is 10.1 Å². The van der Waals surface area contributed by atoms with Crippen LogP contribution in [0.3, 0.4) is 0 Å². The topological polar surface area (TPSA) is 21.3 Å². The Morgan fingerprint density at radius 1 is 1.10 bits per heavy atom. The van der Waals surface area contributed by atoms with E-state index in [1.165, 1.54) is 6.07 Å². The van der Waals surface area contributed by atoms with Gasteiger partial charge in [-0.3, -0.25) is 0 Å². The molecule has 0 saturated heterocycles. The van der Waals surface area contributed by atoms with E-state index in [-0.39, 0.29) is 0 Å². The summed E-state index contributed by atoms with van der Waals surface area (Å²) in [5, 5.41) is 3.02. The molecule has 5 heteroatoms. The molecule has 1 N–H and O–H groups in total. The average Bonchev–Trinajstić information content (AvgIpc) is 2.92. The van der Waals surface area contributed by atoms with Crippen LogP contribution >= 0.6 is 0 Å². The van der Waals surface area contributed by atoms with Crippen molar-refractivity contribution in [3.8, 4) is 5.75 Å². The van der Waals surface area contributed by atoms with Crippen LogP contribution in [0.25, 0.3) is 0 Å². The third kappa shape index (κ3) is 3.12. The first-order valence-electron chi connectivity index (χ1n) is 6.68. The van der Waals surface area contributed by atoms with Crippen molar-refractivity contribution in [3.05, 3.63) is 59.2 Å². The van der Waals surface area contributed by atoms with Gasteiger partial charge in [0.25, 0.3) is 0 Å². The maximum atomic E-state index is 12.6. The summed E-state index contributed by atoms with van der Waals surface area (Å²) in [6, 6.07) is 11.1. The molecule has 0 atom stereocenters. The molecule has 0 saturated carbocycles. The van der Waals surface area contributed by atoms with E-state index in [9.17, 15) is 13.2 Å². The lowest BCUT2D eigenvalue weighted by atomic mass is 10.1. The number of hydrogen-bond acceptors (Lipinski definition) is 2. The highest BCUT2D eigenvalue weighted by Gasteiger charge is 2.30. The summed E-state index contributed by atoms with van der Waals surface area (Å²) >= 11 is 0. The summed E-state index contributed by atoms with van der Waals surface area (Å²) in [4.78, 5) is 0. The molecule has 3 rings (SSSR count). The van der Waals surface area contributed by atoms with E-state index < -0.39 is 11.7 Å². The van der Waals surface area contributed by atoms with Gasteiger partial charge in [-0.25, -0.2) is 0 Å². The second-order valence-electron chi connectivity index (χ2n) is 4.97. The quantitative estimate of drug-likeness (QED) is 0.913. The fourth-order valence-electron chi connectivity index (χ4n) is 2.36. The molecular weight excluding hydrogens is 279 g/mol. The minimum Gasteiger partial charge on any atom is -0.493 e. The lowest BCUT2D eigenvalue weighted by Gasteiger charge is -2.11. The van der Waals surface area contributed by atoms with E-state index in [2.05, 4.69) is 5.32 Å². The zero-order chi connectivity index (χ0) is 14.9. The summed E-state index contributed by atoms with van der Waals surface area (Å²) in [5.74, 6) is 0.901. The second-order valence-corrected chi connectivity index (χ2v) is 4.97. The molecule has 0 amide bonds. The van der Waals surface area contributed by atoms with Crippen molar-refractivity contribution in [2.24, 2.45) is 0 Å². The average molecular weight is 293 g/mol. The van der Waals surface area contributed by atoms with Crippen molar-refractivity contribution in [2.45, 2.75) is 19.1 Å². The van der Waals surface area contributed by atoms with E-state index in [0.717, 1.165) is 35.4 Å². The van der Waals surface area contributed by atoms with Gasteiger partial charge in [-0.1, -0.05) is 18.2 Å². The van der Waals surface area contributed by atoms with Gasteiger partial charge >= 0.3 is 6.18 Å². The maximum absolute atomic E-state index is 12.6. The predicted octanol–water partition coefficient (Wildman–Crippen LogP) is 4.25. The molecule has 110 valence electrons. The molecule has 0 unspecified atom stereocenters. The SMILES string of the molecule is FC(F)(F)c1cccc(NCc2ccc3c(c2)CCO3)c1. The Balaban J connectivity index is 1.70. The Bertz CT molecular complexity index is 652. The number of nitrogens with one attached hydrogen (secondary N) is 1. The molecule has 1 heterocycles. The Hall–Kier alpha value is -2.17. The second kappa shape index (κ2) is 5.31. The minimum atomic E-state index is -4.32. The third-order valence-corrected chi connectivity index (χ3v) is 3.44. The molecule has 2 aromatic carbocycles. The van der Waals surface area contributed by atoms with Crippen LogP contribution in [0.4, 0.5) is 18.9 Å². The number of benzene rings is 2. The Kier molecular flexibility index (Phi) is 3.49. The van der Waals surface area contributed by atoms with E-state index in [0.29, 0.717) is 18.8 Å². The zero-order valence-corrected chi connectivity index (χ0v) is 11.2. The fraction of sp³-hybridized carbons (Fsp3) is 0.250. The first-order chi connectivity index (χ1) is 10.0. The van der Waals surface area contributed by atoms with Crippen LogP contribution in [0.1, 0.15) is 16.7 Å². The molecule has 0 spiro atoms. The van der Waals surface area contributed by atoms with E-state index in [1.807, 2.05) is 18.2 Å². The van der Waals surface area contributed by atoms with Crippen LogP contribution in [-0.2, 0) is 19.1 Å². The van der Waals surface area contributed by atoms with Crippen LogP contribution in [0.5, 0.6) is 5.75 Å². The molecular formula is C16H14F3NO. The standard InChI is InChI=1S/C16H14F3NO/c17-16(18,19)13-2-1-3-14(9-13)20-10-11-4-5-15-12(8-11)6-7-21-15/h1-5,8-9,20H,6-7,10H2. The number of anilines is 1. The molecule has 1 aliphatic heterocycles. The maximum Gasteiger partial charge on any atom is 0.416 e. The molecule has 21 heavy (non-hydrogen) atoms. The molecule has 2 nitrogen and oxygen atoms in total. The van der Waals surface area contributed by atoms with E-state index in [1.54, 1.807) is 6.07 Å². The van der Waals surface area contributed by atoms with Gasteiger partial charge in [0.05, 0.1) is 12.2 Å². The van der Waals surface area contributed by atoms with E-state index in [4.69, 9.17) is 4.74 Å². The number of fused-ring (bicyclic) bond motifs is 1. The Labute approximate surface area is 120 Å². The first-order valence-corrected chi connectivity index (χ1v) is 6.68. The van der Waals surface area contributed by atoms with Crippen LogP contribution in [-0.4, -0.2) is 6.61 Å². The smallest absolute Gasteiger partial charge is 0.416 e. The van der Waals surface area contributed by atoms with Crippen molar-refractivity contribution in [2.75, 3.05) is 11.9 Å². The minimum absolute atomic E-state index is 0.460. The van der Waals surface area contributed by atoms with Gasteiger partial charge in [-0.05, 0) is 35.4 Å². The van der Waals surface area contributed by atoms with Crippen LogP contribution in [0, 0.1) is 0 Å². The van der Waals surface area contributed by atoms with Crippen molar-refractivity contribution in [3.63, 3.8) is 0 Å². The van der Waals surface area contributed by atoms with Gasteiger partial charge in [-0.2, -0.15) is 13.2 Å². The highest BCUT2D eigenvalue weighted by atomic mass is 19.4. The van der Waals surface area contributed by atoms with Gasteiger partial charge in [0.2, 0.25) is 0 Å². The number of hydrogen-bond donors (Lipinski definition) is 1. The van der Waals surface area contributed by atoms with Gasteiger partial charge in [0, 0.05) is 18.7 Å². The van der Waals surface area contributed by atoms with Crippen molar-refractivity contribution >= 4 is 5.69 Å². The van der Waals surface area contributed by atoms with Crippen LogP contribution in [0.15, 0.2) is 42.5 Å². The predicted molar refractivity (Wildman–Crippen MR) is 74.4 cm³/mol. The molecule has 0 radical (unpaired) electrons. The monoisotopic (exact) mass is 293 g/mol. The van der Waals surface area contributed by atoms with Crippen LogP contribution in [0.2, 0.25) is 0 Å². The first kappa shape index (κ1) is 13.8. The lowest BCUT2D eigenvalue weighted by molar-refractivity contribution is -0.137. The van der Waals surface area contributed by atoms with Crippen molar-refractivity contribution in [1.29, 1.82) is 0 Å². The summed E-state index contributed by atoms with van der Waals surface area (Å²) in [5.41, 5.74) is 1.99. The number of alkyl halides is 3. The van der Waals surface area contributed by atoms with Gasteiger partial charge in [0.15, 0.2) is 0 Å². The largest absolute Gasteiger partial charge is 0.493 e. The Morgan fingerprint density at radius 2 is 1.95 bits per heavy atom. The van der Waals surface area contributed by atoms with E-state index >= 15 is 0 Å². The van der Waals surface area contributed by atoms with Gasteiger partial charge in [-0.15, -0.1) is 0 Å².